The lowest BCUT2D eigenvalue weighted by atomic mass is 9.83. The van der Waals surface area contributed by atoms with Crippen molar-refractivity contribution in [2.45, 2.75) is 57.4 Å². The number of nitrogens with one attached hydrogen (secondary N) is 1. The van der Waals surface area contributed by atoms with E-state index in [-0.39, 0.29) is 23.5 Å². The van der Waals surface area contributed by atoms with Crippen LogP contribution in [0.4, 0.5) is 0 Å². The number of ketones is 1. The normalized spacial score (nSPS) is 25.0. The molecule has 6 heteroatoms. The Morgan fingerprint density at radius 3 is 2.39 bits per heavy atom. The van der Waals surface area contributed by atoms with Gasteiger partial charge in [0.2, 0.25) is 5.91 Å². The summed E-state index contributed by atoms with van der Waals surface area (Å²) >= 11 is 5.96. The number of amides is 1. The second-order valence-corrected chi connectivity index (χ2v) is 11.3. The Labute approximate surface area is 219 Å². The molecule has 2 heterocycles. The van der Waals surface area contributed by atoms with Crippen LogP contribution in [0.2, 0.25) is 5.02 Å². The summed E-state index contributed by atoms with van der Waals surface area (Å²) in [7, 11) is 0. The molecule has 5 rings (SSSR count). The minimum absolute atomic E-state index is 0.0906. The summed E-state index contributed by atoms with van der Waals surface area (Å²) in [5.74, 6) is 2.09. The van der Waals surface area contributed by atoms with E-state index in [0.29, 0.717) is 17.7 Å². The van der Waals surface area contributed by atoms with Gasteiger partial charge in [-0.3, -0.25) is 9.59 Å². The van der Waals surface area contributed by atoms with Gasteiger partial charge >= 0.3 is 0 Å². The van der Waals surface area contributed by atoms with Crippen molar-refractivity contribution in [3.63, 3.8) is 0 Å². The molecule has 1 amide bonds. The third-order valence-corrected chi connectivity index (χ3v) is 8.64. The molecule has 1 N–H and O–H groups in total. The summed E-state index contributed by atoms with van der Waals surface area (Å²) in [6.07, 6.45) is 8.35. The van der Waals surface area contributed by atoms with Crippen molar-refractivity contribution in [1.82, 2.24) is 10.2 Å². The van der Waals surface area contributed by atoms with Crippen molar-refractivity contribution in [2.75, 3.05) is 26.2 Å². The highest BCUT2D eigenvalue weighted by atomic mass is 35.5. The summed E-state index contributed by atoms with van der Waals surface area (Å²) in [6.45, 7) is 3.59. The molecule has 1 saturated heterocycles. The zero-order valence-electron chi connectivity index (χ0n) is 21.0. The summed E-state index contributed by atoms with van der Waals surface area (Å²) < 4.78 is 5.81. The number of likely N-dealkylation sites (tertiary alicyclic amines) is 1. The fourth-order valence-corrected chi connectivity index (χ4v) is 6.17. The van der Waals surface area contributed by atoms with Gasteiger partial charge in [-0.25, -0.2) is 0 Å². The number of rotatable bonds is 7. The molecule has 2 aromatic rings. The molecule has 192 valence electrons. The zero-order valence-corrected chi connectivity index (χ0v) is 21.7. The van der Waals surface area contributed by atoms with Crippen LogP contribution in [0, 0.1) is 17.8 Å². The fourth-order valence-electron chi connectivity index (χ4n) is 6.04. The summed E-state index contributed by atoms with van der Waals surface area (Å²) in [4.78, 5) is 28.2. The molecule has 0 radical (unpaired) electrons. The van der Waals surface area contributed by atoms with Crippen molar-refractivity contribution < 1.29 is 14.3 Å². The molecule has 5 nitrogen and oxygen atoms in total. The summed E-state index contributed by atoms with van der Waals surface area (Å²) in [5, 5.41) is 3.98. The zero-order chi connectivity index (χ0) is 24.9. The van der Waals surface area contributed by atoms with Crippen LogP contribution in [0.5, 0.6) is 5.75 Å². The summed E-state index contributed by atoms with van der Waals surface area (Å²) in [6, 6.07) is 15.6. The number of piperidine rings is 1. The number of para-hydroxylation sites is 1. The monoisotopic (exact) mass is 508 g/mol. The van der Waals surface area contributed by atoms with Crippen molar-refractivity contribution >= 4 is 23.3 Å². The molecule has 0 aromatic heterocycles. The molecule has 2 aliphatic heterocycles. The largest absolute Gasteiger partial charge is 0.492 e. The average Bonchev–Trinajstić information content (AvgIpc) is 2.92. The van der Waals surface area contributed by atoms with Gasteiger partial charge < -0.3 is 15.0 Å². The highest BCUT2D eigenvalue weighted by Gasteiger charge is 2.30. The van der Waals surface area contributed by atoms with E-state index in [0.717, 1.165) is 74.5 Å². The first-order valence-corrected chi connectivity index (χ1v) is 14.0. The molecule has 1 aliphatic carbocycles. The molecule has 0 spiro atoms. The lowest BCUT2D eigenvalue weighted by Gasteiger charge is -2.34. The topological polar surface area (TPSA) is 58.6 Å². The number of benzene rings is 2. The van der Waals surface area contributed by atoms with Gasteiger partial charge in [0.15, 0.2) is 5.78 Å². The molecular weight excluding hydrogens is 472 g/mol. The number of nitrogens with zero attached hydrogens (tertiary/aromatic N) is 1. The quantitative estimate of drug-likeness (QED) is 0.498. The Bertz CT molecular complexity index is 1040. The maximum Gasteiger partial charge on any atom is 0.227 e. The van der Waals surface area contributed by atoms with E-state index in [2.05, 4.69) is 16.3 Å². The van der Waals surface area contributed by atoms with Crippen LogP contribution in [0.15, 0.2) is 48.5 Å². The maximum atomic E-state index is 12.8. The van der Waals surface area contributed by atoms with Gasteiger partial charge in [-0.15, -0.1) is 0 Å². The molecule has 2 aromatic carbocycles. The van der Waals surface area contributed by atoms with Crippen LogP contribution < -0.4 is 10.1 Å². The molecule has 0 bridgehead atoms. The van der Waals surface area contributed by atoms with Crippen LogP contribution in [-0.2, 0) is 11.2 Å². The van der Waals surface area contributed by atoms with Gasteiger partial charge in [-0.1, -0.05) is 29.8 Å². The van der Waals surface area contributed by atoms with Gasteiger partial charge in [0.1, 0.15) is 12.4 Å². The molecule has 36 heavy (non-hydrogen) atoms. The van der Waals surface area contributed by atoms with Gasteiger partial charge in [-0.2, -0.15) is 0 Å². The SMILES string of the molecule is O=C(NC1CCC(CCN2CCC(C(=O)c3ccc(Cl)cc3)CC2)CC1)C1COc2ccccc2C1. The Morgan fingerprint density at radius 1 is 0.917 bits per heavy atom. The maximum absolute atomic E-state index is 12.8. The lowest BCUT2D eigenvalue weighted by molar-refractivity contribution is -0.127. The van der Waals surface area contributed by atoms with Crippen LogP contribution in [0.3, 0.4) is 0 Å². The molecular formula is C30H37ClN2O3. The van der Waals surface area contributed by atoms with Crippen LogP contribution in [0.1, 0.15) is 60.9 Å². The third kappa shape index (κ3) is 6.30. The van der Waals surface area contributed by atoms with Crippen LogP contribution in [-0.4, -0.2) is 48.9 Å². The van der Waals surface area contributed by atoms with Gasteiger partial charge in [0.25, 0.3) is 0 Å². The highest BCUT2D eigenvalue weighted by molar-refractivity contribution is 6.30. The summed E-state index contributed by atoms with van der Waals surface area (Å²) in [5.41, 5.74) is 1.91. The average molecular weight is 509 g/mol. The Hall–Kier alpha value is -2.37. The highest BCUT2D eigenvalue weighted by Crippen LogP contribution is 2.30. The van der Waals surface area contributed by atoms with Crippen molar-refractivity contribution in [3.05, 3.63) is 64.7 Å². The molecule has 3 aliphatic rings. The predicted molar refractivity (Wildman–Crippen MR) is 143 cm³/mol. The minimum atomic E-state index is -0.0906. The van der Waals surface area contributed by atoms with Crippen molar-refractivity contribution in [1.29, 1.82) is 0 Å². The fraction of sp³-hybridized carbons (Fsp3) is 0.533. The number of fused-ring (bicyclic) bond motifs is 1. The molecule has 1 unspecified atom stereocenters. The van der Waals surface area contributed by atoms with E-state index in [1.165, 1.54) is 19.3 Å². The number of carbonyl (C=O) groups excluding carboxylic acids is 2. The van der Waals surface area contributed by atoms with Crippen LogP contribution in [0.25, 0.3) is 0 Å². The van der Waals surface area contributed by atoms with E-state index in [1.807, 2.05) is 30.3 Å². The van der Waals surface area contributed by atoms with E-state index >= 15 is 0 Å². The number of hydrogen-bond donors (Lipinski definition) is 1. The predicted octanol–water partition coefficient (Wildman–Crippen LogP) is 5.55. The van der Waals surface area contributed by atoms with Gasteiger partial charge in [0.05, 0.1) is 5.92 Å². The van der Waals surface area contributed by atoms with Crippen molar-refractivity contribution in [3.8, 4) is 5.75 Å². The first-order valence-electron chi connectivity index (χ1n) is 13.6. The number of halogens is 1. The van der Waals surface area contributed by atoms with Crippen molar-refractivity contribution in [2.24, 2.45) is 17.8 Å². The van der Waals surface area contributed by atoms with Crippen LogP contribution >= 0.6 is 11.6 Å². The van der Waals surface area contributed by atoms with Gasteiger partial charge in [-0.05, 0) is 113 Å². The lowest BCUT2D eigenvalue weighted by Crippen LogP contribution is -2.44. The van der Waals surface area contributed by atoms with E-state index < -0.39 is 0 Å². The number of ether oxygens (including phenoxy) is 1. The second kappa shape index (κ2) is 11.8. The Kier molecular flexibility index (Phi) is 8.28. The second-order valence-electron chi connectivity index (χ2n) is 10.8. The van der Waals surface area contributed by atoms with Gasteiger partial charge in [0, 0.05) is 22.5 Å². The Morgan fingerprint density at radius 2 is 1.64 bits per heavy atom. The third-order valence-electron chi connectivity index (χ3n) is 8.38. The standard InChI is InChI=1S/C30H37ClN2O3/c31-26-9-7-22(8-10-26)29(34)23-14-17-33(18-15-23)16-13-21-5-11-27(12-6-21)32-30(35)25-19-24-3-1-2-4-28(24)36-20-25/h1-4,7-10,21,23,25,27H,5-6,11-20H2,(H,32,35). The van der Waals surface area contributed by atoms with E-state index in [4.69, 9.17) is 16.3 Å². The first-order chi connectivity index (χ1) is 17.5. The number of carbonyl (C=O) groups is 2. The number of hydrogen-bond acceptors (Lipinski definition) is 4. The molecule has 1 atom stereocenters. The Balaban J connectivity index is 0.986. The molecule has 1 saturated carbocycles. The number of Topliss-reactive ketones (excluding diaryl/α,β-unsaturated/α-hetero) is 1. The first kappa shape index (κ1) is 25.3. The smallest absolute Gasteiger partial charge is 0.227 e. The minimum Gasteiger partial charge on any atom is -0.492 e. The van der Waals surface area contributed by atoms with E-state index in [9.17, 15) is 9.59 Å². The van der Waals surface area contributed by atoms with E-state index in [1.54, 1.807) is 12.1 Å². The molecule has 2 fully saturated rings.